The SMILES string of the molecule is Cc1cccc(C)c1-n1c(-c2cc(C(C)(C)C)cc(C(C)(C)C)c2O)nc2c(-c3cc(-c4ccccc4)cc(-c4cc(-c5ccc(-c6ccccc6)cc5)ccn4)c3)nccc21. The van der Waals surface area contributed by atoms with E-state index in [1.807, 2.05) is 30.6 Å². The normalized spacial score (nSPS) is 11.9. The van der Waals surface area contributed by atoms with Crippen molar-refractivity contribution >= 4 is 11.0 Å². The number of para-hydroxylation sites is 1. The molecule has 0 aliphatic heterocycles. The molecule has 0 bridgehead atoms. The number of hydrogen-bond donors (Lipinski definition) is 1. The first kappa shape index (κ1) is 40.3. The lowest BCUT2D eigenvalue weighted by Gasteiger charge is -2.27. The minimum atomic E-state index is -0.312. The van der Waals surface area contributed by atoms with Crippen LogP contribution in [-0.2, 0) is 10.8 Å². The van der Waals surface area contributed by atoms with Crippen LogP contribution in [0.5, 0.6) is 5.75 Å². The average molecular weight is 809 g/mol. The zero-order valence-electron chi connectivity index (χ0n) is 36.8. The molecule has 0 aliphatic carbocycles. The first-order chi connectivity index (χ1) is 29.7. The number of aryl methyl sites for hydroxylation is 2. The van der Waals surface area contributed by atoms with Crippen LogP contribution in [0.2, 0.25) is 0 Å². The van der Waals surface area contributed by atoms with Crippen molar-refractivity contribution in [2.45, 2.75) is 66.2 Å². The fraction of sp³-hybridized carbons (Fsp3) is 0.175. The first-order valence-electron chi connectivity index (χ1n) is 21.4. The van der Waals surface area contributed by atoms with Crippen LogP contribution < -0.4 is 0 Å². The molecule has 5 heteroatoms. The molecule has 0 aliphatic rings. The maximum atomic E-state index is 12.3. The Labute approximate surface area is 365 Å². The summed E-state index contributed by atoms with van der Waals surface area (Å²) < 4.78 is 2.23. The van der Waals surface area contributed by atoms with Gasteiger partial charge in [-0.15, -0.1) is 0 Å². The Morgan fingerprint density at radius 1 is 0.484 bits per heavy atom. The molecule has 0 amide bonds. The predicted molar refractivity (Wildman–Crippen MR) is 258 cm³/mol. The van der Waals surface area contributed by atoms with Gasteiger partial charge in [-0.2, -0.15) is 0 Å². The molecular weight excluding hydrogens is 757 g/mol. The molecule has 0 saturated heterocycles. The Morgan fingerprint density at radius 3 is 1.68 bits per heavy atom. The molecule has 0 fully saturated rings. The Morgan fingerprint density at radius 2 is 1.05 bits per heavy atom. The molecule has 306 valence electrons. The van der Waals surface area contributed by atoms with Crippen LogP contribution in [0.1, 0.15) is 63.8 Å². The van der Waals surface area contributed by atoms with Gasteiger partial charge in [-0.1, -0.05) is 151 Å². The second kappa shape index (κ2) is 15.7. The lowest BCUT2D eigenvalue weighted by atomic mass is 9.79. The van der Waals surface area contributed by atoms with Crippen molar-refractivity contribution in [3.8, 4) is 78.7 Å². The van der Waals surface area contributed by atoms with E-state index in [-0.39, 0.29) is 16.6 Å². The second-order valence-corrected chi connectivity index (χ2v) is 18.5. The number of aromatic nitrogens is 4. The van der Waals surface area contributed by atoms with Gasteiger partial charge < -0.3 is 5.11 Å². The quantitative estimate of drug-likeness (QED) is 0.174. The fourth-order valence-electron chi connectivity index (χ4n) is 8.55. The third-order valence-corrected chi connectivity index (χ3v) is 12.0. The summed E-state index contributed by atoms with van der Waals surface area (Å²) in [6.07, 6.45) is 3.78. The molecule has 62 heavy (non-hydrogen) atoms. The van der Waals surface area contributed by atoms with Crippen molar-refractivity contribution in [2.75, 3.05) is 0 Å². The van der Waals surface area contributed by atoms with Gasteiger partial charge >= 0.3 is 0 Å². The van der Waals surface area contributed by atoms with Crippen LogP contribution in [0.4, 0.5) is 0 Å². The second-order valence-electron chi connectivity index (χ2n) is 18.5. The summed E-state index contributed by atoms with van der Waals surface area (Å²) in [6.45, 7) is 17.4. The number of nitrogens with zero attached hydrogens (tertiary/aromatic N) is 4. The van der Waals surface area contributed by atoms with Crippen LogP contribution >= 0.6 is 0 Å². The first-order valence-corrected chi connectivity index (χ1v) is 21.4. The minimum absolute atomic E-state index is 0.171. The standard InChI is InChI=1S/C57H52N4O/c1-36-16-15-17-37(2)53(36)61-50-27-29-59-51(52(50)60-55(61)47-34-46(56(3,4)5)35-48(54(47)62)57(6,7)8)45-31-43(39-20-13-10-14-21-39)30-44(32-45)49-33-42(26-28-58-49)41-24-22-40(23-25-41)38-18-11-9-12-19-38/h9-35,62H,1-8H3. The monoisotopic (exact) mass is 808 g/mol. The molecule has 0 saturated carbocycles. The zero-order chi connectivity index (χ0) is 43.3. The molecule has 0 spiro atoms. The van der Waals surface area contributed by atoms with Crippen LogP contribution in [0.25, 0.3) is 84.0 Å². The highest BCUT2D eigenvalue weighted by Crippen LogP contribution is 2.45. The number of rotatable bonds is 7. The number of pyridine rings is 2. The number of hydrogen-bond acceptors (Lipinski definition) is 4. The molecule has 0 radical (unpaired) electrons. The maximum Gasteiger partial charge on any atom is 0.149 e. The largest absolute Gasteiger partial charge is 0.507 e. The van der Waals surface area contributed by atoms with Gasteiger partial charge in [0, 0.05) is 29.1 Å². The van der Waals surface area contributed by atoms with E-state index in [4.69, 9.17) is 15.0 Å². The Kier molecular flexibility index (Phi) is 10.2. The predicted octanol–water partition coefficient (Wildman–Crippen LogP) is 14.7. The topological polar surface area (TPSA) is 63.8 Å². The molecule has 3 aromatic heterocycles. The van der Waals surface area contributed by atoms with Crippen molar-refractivity contribution in [1.82, 2.24) is 19.5 Å². The number of phenolic OH excluding ortho intramolecular Hbond substituents is 1. The van der Waals surface area contributed by atoms with E-state index >= 15 is 0 Å². The lowest BCUT2D eigenvalue weighted by molar-refractivity contribution is 0.446. The maximum absolute atomic E-state index is 12.3. The third-order valence-electron chi connectivity index (χ3n) is 12.0. The molecule has 9 rings (SSSR count). The van der Waals surface area contributed by atoms with Gasteiger partial charge in [0.05, 0.1) is 28.2 Å². The van der Waals surface area contributed by atoms with Crippen molar-refractivity contribution in [1.29, 1.82) is 0 Å². The number of benzene rings is 6. The van der Waals surface area contributed by atoms with Crippen molar-refractivity contribution < 1.29 is 5.11 Å². The van der Waals surface area contributed by atoms with E-state index < -0.39 is 0 Å². The lowest BCUT2D eigenvalue weighted by Crippen LogP contribution is -2.17. The van der Waals surface area contributed by atoms with Gasteiger partial charge in [0.25, 0.3) is 0 Å². The van der Waals surface area contributed by atoms with Crippen LogP contribution in [0.15, 0.2) is 164 Å². The summed E-state index contributed by atoms with van der Waals surface area (Å²) in [5.74, 6) is 0.921. The highest BCUT2D eigenvalue weighted by Gasteiger charge is 2.29. The van der Waals surface area contributed by atoms with E-state index in [0.29, 0.717) is 11.4 Å². The molecule has 3 heterocycles. The van der Waals surface area contributed by atoms with Crippen LogP contribution in [-0.4, -0.2) is 24.6 Å². The smallest absolute Gasteiger partial charge is 0.149 e. The van der Waals surface area contributed by atoms with E-state index in [2.05, 4.69) is 193 Å². The fourth-order valence-corrected chi connectivity index (χ4v) is 8.55. The van der Waals surface area contributed by atoms with Gasteiger partial charge in [0.15, 0.2) is 0 Å². The molecular formula is C57H52N4O. The molecule has 0 atom stereocenters. The summed E-state index contributed by atoms with van der Waals surface area (Å²) in [7, 11) is 0. The summed E-state index contributed by atoms with van der Waals surface area (Å²) in [5.41, 5.74) is 17.4. The molecule has 9 aromatic rings. The van der Waals surface area contributed by atoms with Crippen molar-refractivity contribution in [3.05, 3.63) is 186 Å². The van der Waals surface area contributed by atoms with E-state index in [1.54, 1.807) is 0 Å². The van der Waals surface area contributed by atoms with E-state index in [1.165, 1.54) is 11.1 Å². The highest BCUT2D eigenvalue weighted by molar-refractivity contribution is 5.96. The number of aromatic hydroxyl groups is 1. The number of phenols is 1. The Bertz CT molecular complexity index is 3070. The van der Waals surface area contributed by atoms with Gasteiger partial charge in [-0.25, -0.2) is 4.98 Å². The van der Waals surface area contributed by atoms with Gasteiger partial charge in [0.1, 0.15) is 17.1 Å². The molecule has 5 nitrogen and oxygen atoms in total. The zero-order valence-corrected chi connectivity index (χ0v) is 36.8. The summed E-state index contributed by atoms with van der Waals surface area (Å²) in [4.78, 5) is 15.6. The summed E-state index contributed by atoms with van der Waals surface area (Å²) >= 11 is 0. The Hall–Kier alpha value is -7.11. The third kappa shape index (κ3) is 7.60. The summed E-state index contributed by atoms with van der Waals surface area (Å²) in [6, 6.07) is 53.2. The number of imidazole rings is 1. The van der Waals surface area contributed by atoms with E-state index in [0.717, 1.165) is 83.7 Å². The van der Waals surface area contributed by atoms with E-state index in [9.17, 15) is 5.11 Å². The van der Waals surface area contributed by atoms with Gasteiger partial charge in [0.2, 0.25) is 0 Å². The molecule has 1 N–H and O–H groups in total. The summed E-state index contributed by atoms with van der Waals surface area (Å²) in [5, 5.41) is 12.3. The van der Waals surface area contributed by atoms with Crippen molar-refractivity contribution in [3.63, 3.8) is 0 Å². The molecule has 0 unspecified atom stereocenters. The molecule has 6 aromatic carbocycles. The Balaban J connectivity index is 1.27. The number of fused-ring (bicyclic) bond motifs is 1. The van der Waals surface area contributed by atoms with Crippen LogP contribution in [0.3, 0.4) is 0 Å². The van der Waals surface area contributed by atoms with Crippen molar-refractivity contribution in [2.24, 2.45) is 0 Å². The average Bonchev–Trinajstić information content (AvgIpc) is 3.65. The van der Waals surface area contributed by atoms with Crippen LogP contribution in [0, 0.1) is 13.8 Å². The minimum Gasteiger partial charge on any atom is -0.507 e. The van der Waals surface area contributed by atoms with Gasteiger partial charge in [-0.05, 0) is 117 Å². The highest BCUT2D eigenvalue weighted by atomic mass is 16.3. The van der Waals surface area contributed by atoms with Gasteiger partial charge in [-0.3, -0.25) is 14.5 Å².